The van der Waals surface area contributed by atoms with E-state index in [0.29, 0.717) is 16.9 Å². The lowest BCUT2D eigenvalue weighted by molar-refractivity contribution is 0.0811. The number of carbonyl (C=O) groups excluding carboxylic acids is 2. The van der Waals surface area contributed by atoms with Crippen molar-refractivity contribution in [2.45, 2.75) is 18.9 Å². The maximum Gasteiger partial charge on any atom is 0.257 e. The summed E-state index contributed by atoms with van der Waals surface area (Å²) >= 11 is 0. The third-order valence-electron chi connectivity index (χ3n) is 3.09. The van der Waals surface area contributed by atoms with Crippen molar-refractivity contribution >= 4 is 11.8 Å². The molecule has 0 saturated heterocycles. The van der Waals surface area contributed by atoms with Gasteiger partial charge < -0.3 is 14.5 Å². The zero-order chi connectivity index (χ0) is 14.9. The quantitative estimate of drug-likeness (QED) is 0.840. The van der Waals surface area contributed by atoms with Gasteiger partial charge in [-0.2, -0.15) is 0 Å². The minimum atomic E-state index is -0.121. The van der Waals surface area contributed by atoms with Gasteiger partial charge in [0.05, 0.1) is 11.7 Å². The maximum absolute atomic E-state index is 12.1. The van der Waals surface area contributed by atoms with Gasteiger partial charge in [0.15, 0.2) is 0 Å². The van der Waals surface area contributed by atoms with Crippen LogP contribution in [0.2, 0.25) is 0 Å². The molecule has 1 fully saturated rings. The summed E-state index contributed by atoms with van der Waals surface area (Å²) in [5.74, 6) is 0.276. The molecule has 1 aliphatic carbocycles. The standard InChI is InChI=1S/C15H20N2O3/c1-16(2)14(18)10-5-8-12(15(19)17(3)4)13(9-10)20-11-6-7-11/h5,8-9,11H,6-7H2,1-4H3. The van der Waals surface area contributed by atoms with Gasteiger partial charge in [0, 0.05) is 33.8 Å². The second kappa shape index (κ2) is 5.53. The van der Waals surface area contributed by atoms with E-state index in [-0.39, 0.29) is 17.9 Å². The molecule has 5 heteroatoms. The molecule has 2 amide bonds. The van der Waals surface area contributed by atoms with Crippen LogP contribution in [0.1, 0.15) is 33.6 Å². The van der Waals surface area contributed by atoms with Gasteiger partial charge in [-0.3, -0.25) is 9.59 Å². The lowest BCUT2D eigenvalue weighted by atomic mass is 10.1. The van der Waals surface area contributed by atoms with Crippen molar-refractivity contribution in [3.63, 3.8) is 0 Å². The number of rotatable bonds is 4. The molecule has 1 saturated carbocycles. The first-order chi connectivity index (χ1) is 9.40. The molecule has 1 aromatic rings. The number of ether oxygens (including phenoxy) is 1. The summed E-state index contributed by atoms with van der Waals surface area (Å²) in [5.41, 5.74) is 1.03. The third-order valence-corrected chi connectivity index (χ3v) is 3.09. The Labute approximate surface area is 119 Å². The van der Waals surface area contributed by atoms with Crippen molar-refractivity contribution in [2.75, 3.05) is 28.2 Å². The van der Waals surface area contributed by atoms with E-state index in [1.807, 2.05) is 0 Å². The van der Waals surface area contributed by atoms with E-state index < -0.39 is 0 Å². The second-order valence-electron chi connectivity index (χ2n) is 5.43. The zero-order valence-corrected chi connectivity index (χ0v) is 12.3. The highest BCUT2D eigenvalue weighted by molar-refractivity contribution is 6.00. The minimum Gasteiger partial charge on any atom is -0.490 e. The van der Waals surface area contributed by atoms with Gasteiger partial charge in [-0.1, -0.05) is 0 Å². The van der Waals surface area contributed by atoms with Crippen LogP contribution < -0.4 is 4.74 Å². The molecule has 1 aromatic carbocycles. The second-order valence-corrected chi connectivity index (χ2v) is 5.43. The zero-order valence-electron chi connectivity index (χ0n) is 12.3. The van der Waals surface area contributed by atoms with Gasteiger partial charge in [-0.05, 0) is 31.0 Å². The number of carbonyl (C=O) groups is 2. The molecule has 5 nitrogen and oxygen atoms in total. The molecule has 0 unspecified atom stereocenters. The fourth-order valence-electron chi connectivity index (χ4n) is 1.79. The Morgan fingerprint density at radius 1 is 1.05 bits per heavy atom. The van der Waals surface area contributed by atoms with Crippen LogP contribution in [0.15, 0.2) is 18.2 Å². The average molecular weight is 276 g/mol. The van der Waals surface area contributed by atoms with Crippen molar-refractivity contribution in [1.29, 1.82) is 0 Å². The van der Waals surface area contributed by atoms with Gasteiger partial charge in [-0.15, -0.1) is 0 Å². The molecule has 108 valence electrons. The van der Waals surface area contributed by atoms with E-state index in [1.165, 1.54) is 9.80 Å². The van der Waals surface area contributed by atoms with E-state index >= 15 is 0 Å². The molecule has 0 heterocycles. The van der Waals surface area contributed by atoms with Crippen molar-refractivity contribution in [3.05, 3.63) is 29.3 Å². The number of nitrogens with zero attached hydrogens (tertiary/aromatic N) is 2. The average Bonchev–Trinajstić information content (AvgIpc) is 3.20. The smallest absolute Gasteiger partial charge is 0.257 e. The molecule has 1 aliphatic rings. The van der Waals surface area contributed by atoms with Crippen LogP contribution in [0.4, 0.5) is 0 Å². The molecular weight excluding hydrogens is 256 g/mol. The van der Waals surface area contributed by atoms with Crippen LogP contribution >= 0.6 is 0 Å². The van der Waals surface area contributed by atoms with Crippen LogP contribution in [0.3, 0.4) is 0 Å². The van der Waals surface area contributed by atoms with Crippen LogP contribution in [-0.2, 0) is 0 Å². The van der Waals surface area contributed by atoms with Crippen LogP contribution in [0, 0.1) is 0 Å². The van der Waals surface area contributed by atoms with Crippen molar-refractivity contribution in [3.8, 4) is 5.75 Å². The van der Waals surface area contributed by atoms with Gasteiger partial charge in [0.1, 0.15) is 5.75 Å². The highest BCUT2D eigenvalue weighted by Gasteiger charge is 2.27. The van der Waals surface area contributed by atoms with Crippen molar-refractivity contribution in [1.82, 2.24) is 9.80 Å². The summed E-state index contributed by atoms with van der Waals surface area (Å²) in [7, 11) is 6.79. The summed E-state index contributed by atoms with van der Waals surface area (Å²) in [5, 5.41) is 0. The lowest BCUT2D eigenvalue weighted by Gasteiger charge is -2.17. The first-order valence-electron chi connectivity index (χ1n) is 6.64. The minimum absolute atomic E-state index is 0.102. The normalized spacial score (nSPS) is 13.8. The summed E-state index contributed by atoms with van der Waals surface area (Å²) in [4.78, 5) is 27.1. The van der Waals surface area contributed by atoms with Crippen molar-refractivity contribution < 1.29 is 14.3 Å². The van der Waals surface area contributed by atoms with E-state index in [4.69, 9.17) is 4.74 Å². The Hall–Kier alpha value is -2.04. The first kappa shape index (κ1) is 14.4. The fourth-order valence-corrected chi connectivity index (χ4v) is 1.79. The number of hydrogen-bond donors (Lipinski definition) is 0. The molecule has 0 bridgehead atoms. The predicted molar refractivity (Wildman–Crippen MR) is 76.1 cm³/mol. The van der Waals surface area contributed by atoms with Crippen molar-refractivity contribution in [2.24, 2.45) is 0 Å². The molecule has 0 radical (unpaired) electrons. The van der Waals surface area contributed by atoms with E-state index in [0.717, 1.165) is 12.8 Å². The molecule has 0 spiro atoms. The van der Waals surface area contributed by atoms with E-state index in [1.54, 1.807) is 46.4 Å². The van der Waals surface area contributed by atoms with Crippen LogP contribution in [0.25, 0.3) is 0 Å². The number of benzene rings is 1. The molecule has 20 heavy (non-hydrogen) atoms. The molecule has 0 aliphatic heterocycles. The Morgan fingerprint density at radius 2 is 1.65 bits per heavy atom. The van der Waals surface area contributed by atoms with Crippen LogP contribution in [0.5, 0.6) is 5.75 Å². The summed E-state index contributed by atoms with van der Waals surface area (Å²) < 4.78 is 5.78. The Kier molecular flexibility index (Phi) is 3.97. The van der Waals surface area contributed by atoms with Crippen LogP contribution in [-0.4, -0.2) is 55.9 Å². The third kappa shape index (κ3) is 3.10. The van der Waals surface area contributed by atoms with Gasteiger partial charge in [-0.25, -0.2) is 0 Å². The van der Waals surface area contributed by atoms with Gasteiger partial charge >= 0.3 is 0 Å². The Bertz CT molecular complexity index is 534. The Morgan fingerprint density at radius 3 is 2.15 bits per heavy atom. The predicted octanol–water partition coefficient (Wildman–Crippen LogP) is 1.63. The highest BCUT2D eigenvalue weighted by Crippen LogP contribution is 2.30. The molecule has 2 rings (SSSR count). The summed E-state index contributed by atoms with van der Waals surface area (Å²) in [6.45, 7) is 0. The SMILES string of the molecule is CN(C)C(=O)c1ccc(C(=O)N(C)C)c(OC2CC2)c1. The summed E-state index contributed by atoms with van der Waals surface area (Å²) in [6, 6.07) is 4.99. The van der Waals surface area contributed by atoms with Gasteiger partial charge in [0.2, 0.25) is 0 Å². The Balaban J connectivity index is 2.36. The number of hydrogen-bond acceptors (Lipinski definition) is 3. The molecule has 0 aromatic heterocycles. The fraction of sp³-hybridized carbons (Fsp3) is 0.467. The van der Waals surface area contributed by atoms with E-state index in [2.05, 4.69) is 0 Å². The summed E-state index contributed by atoms with van der Waals surface area (Å²) in [6.07, 6.45) is 2.18. The highest BCUT2D eigenvalue weighted by atomic mass is 16.5. The lowest BCUT2D eigenvalue weighted by Crippen LogP contribution is -2.24. The molecular formula is C15H20N2O3. The monoisotopic (exact) mass is 276 g/mol. The number of amides is 2. The largest absolute Gasteiger partial charge is 0.490 e. The molecule has 0 atom stereocenters. The van der Waals surface area contributed by atoms with E-state index in [9.17, 15) is 9.59 Å². The maximum atomic E-state index is 12.1. The first-order valence-corrected chi connectivity index (χ1v) is 6.64. The van der Waals surface area contributed by atoms with Gasteiger partial charge in [0.25, 0.3) is 11.8 Å². The topological polar surface area (TPSA) is 49.9 Å². The molecule has 0 N–H and O–H groups in total.